The maximum Gasteiger partial charge on any atom is 0.163 e. The van der Waals surface area contributed by atoms with Gasteiger partial charge in [0.25, 0.3) is 0 Å². The highest BCUT2D eigenvalue weighted by atomic mass is 15.3. The van der Waals surface area contributed by atoms with E-state index < -0.39 is 0 Å². The minimum atomic E-state index is 0.692. The molecule has 0 radical (unpaired) electrons. The minimum Gasteiger partial charge on any atom is -0.316 e. The first kappa shape index (κ1) is 11.4. The summed E-state index contributed by atoms with van der Waals surface area (Å²) in [6.45, 7) is 3.26. The molecule has 0 bridgehead atoms. The monoisotopic (exact) mass is 242 g/mol. The van der Waals surface area contributed by atoms with Crippen molar-refractivity contribution in [3.8, 4) is 11.4 Å². The van der Waals surface area contributed by atoms with Gasteiger partial charge in [0.2, 0.25) is 0 Å². The van der Waals surface area contributed by atoms with Crippen LogP contribution in [0, 0.1) is 5.92 Å². The molecule has 4 nitrogen and oxygen atoms in total. The van der Waals surface area contributed by atoms with Crippen LogP contribution in [0.15, 0.2) is 36.7 Å². The number of hydrogen-bond acceptors (Lipinski definition) is 3. The molecule has 1 aliphatic heterocycles. The van der Waals surface area contributed by atoms with Crippen LogP contribution in [-0.4, -0.2) is 27.9 Å². The fraction of sp³-hybridized carbons (Fsp3) is 0.429. The Morgan fingerprint density at radius 2 is 2.17 bits per heavy atom. The fourth-order valence-electron chi connectivity index (χ4n) is 2.56. The maximum absolute atomic E-state index is 4.24. The summed E-state index contributed by atoms with van der Waals surface area (Å²) in [5, 5.41) is 11.8. The number of nitrogens with zero attached hydrogens (tertiary/aromatic N) is 3. The lowest BCUT2D eigenvalue weighted by molar-refractivity contribution is 0.338. The second kappa shape index (κ2) is 5.31. The Morgan fingerprint density at radius 3 is 2.94 bits per heavy atom. The lowest BCUT2D eigenvalue weighted by Gasteiger charge is -2.23. The fourth-order valence-corrected chi connectivity index (χ4v) is 2.56. The summed E-state index contributed by atoms with van der Waals surface area (Å²) < 4.78 is 2.17. The standard InChI is InChI=1S/C14H18N4/c1-2-6-13(7-3-1)14-17-16-11-18(14)10-12-5-4-8-15-9-12/h1-3,6-7,11-12,15H,4-5,8-10H2. The van der Waals surface area contributed by atoms with Crippen LogP contribution in [-0.2, 0) is 6.54 Å². The van der Waals surface area contributed by atoms with E-state index in [9.17, 15) is 0 Å². The number of nitrogens with one attached hydrogen (secondary N) is 1. The molecule has 0 amide bonds. The number of benzene rings is 1. The molecule has 1 aliphatic rings. The molecular weight excluding hydrogens is 224 g/mol. The Labute approximate surface area is 107 Å². The summed E-state index contributed by atoms with van der Waals surface area (Å²) in [5.74, 6) is 1.67. The number of aromatic nitrogens is 3. The van der Waals surface area contributed by atoms with Gasteiger partial charge in [-0.3, -0.25) is 0 Å². The highest BCUT2D eigenvalue weighted by molar-refractivity contribution is 5.54. The Kier molecular flexibility index (Phi) is 3.37. The van der Waals surface area contributed by atoms with Crippen LogP contribution < -0.4 is 5.32 Å². The van der Waals surface area contributed by atoms with Crippen molar-refractivity contribution >= 4 is 0 Å². The average molecular weight is 242 g/mol. The molecule has 1 unspecified atom stereocenters. The minimum absolute atomic E-state index is 0.692. The number of rotatable bonds is 3. The van der Waals surface area contributed by atoms with Gasteiger partial charge in [0.15, 0.2) is 5.82 Å². The van der Waals surface area contributed by atoms with Crippen LogP contribution in [0.1, 0.15) is 12.8 Å². The molecule has 1 aromatic carbocycles. The predicted octanol–water partition coefficient (Wildman–Crippen LogP) is 1.94. The topological polar surface area (TPSA) is 42.7 Å². The van der Waals surface area contributed by atoms with Crippen LogP contribution in [0.5, 0.6) is 0 Å². The van der Waals surface area contributed by atoms with Crippen molar-refractivity contribution in [3.63, 3.8) is 0 Å². The molecule has 1 saturated heterocycles. The van der Waals surface area contributed by atoms with E-state index in [1.54, 1.807) is 0 Å². The Bertz CT molecular complexity index is 486. The molecule has 94 valence electrons. The van der Waals surface area contributed by atoms with Crippen molar-refractivity contribution in [2.45, 2.75) is 19.4 Å². The van der Waals surface area contributed by atoms with E-state index in [4.69, 9.17) is 0 Å². The van der Waals surface area contributed by atoms with E-state index in [0.717, 1.165) is 31.0 Å². The van der Waals surface area contributed by atoms with Gasteiger partial charge >= 0.3 is 0 Å². The third-order valence-electron chi connectivity index (χ3n) is 3.50. The normalized spacial score (nSPS) is 19.9. The van der Waals surface area contributed by atoms with Crippen LogP contribution in [0.2, 0.25) is 0 Å². The van der Waals surface area contributed by atoms with Crippen LogP contribution in [0.3, 0.4) is 0 Å². The molecule has 1 N–H and O–H groups in total. The lowest BCUT2D eigenvalue weighted by atomic mass is 9.99. The number of hydrogen-bond donors (Lipinski definition) is 1. The summed E-state index contributed by atoms with van der Waals surface area (Å²) in [6.07, 6.45) is 4.41. The average Bonchev–Trinajstić information content (AvgIpc) is 2.89. The molecule has 2 aromatic rings. The third-order valence-corrected chi connectivity index (χ3v) is 3.50. The van der Waals surface area contributed by atoms with Crippen molar-refractivity contribution in [1.82, 2.24) is 20.1 Å². The Balaban J connectivity index is 1.79. The van der Waals surface area contributed by atoms with Gasteiger partial charge in [-0.25, -0.2) is 0 Å². The van der Waals surface area contributed by atoms with Gasteiger partial charge in [-0.05, 0) is 31.8 Å². The first-order chi connectivity index (χ1) is 8.93. The summed E-state index contributed by atoms with van der Waals surface area (Å²) >= 11 is 0. The third kappa shape index (κ3) is 2.43. The van der Waals surface area contributed by atoms with E-state index in [1.165, 1.54) is 12.8 Å². The lowest BCUT2D eigenvalue weighted by Crippen LogP contribution is -2.32. The van der Waals surface area contributed by atoms with Gasteiger partial charge in [-0.1, -0.05) is 30.3 Å². The zero-order valence-corrected chi connectivity index (χ0v) is 10.4. The number of piperidine rings is 1. The molecule has 0 saturated carbocycles. The van der Waals surface area contributed by atoms with E-state index >= 15 is 0 Å². The highest BCUT2D eigenvalue weighted by Crippen LogP contribution is 2.19. The van der Waals surface area contributed by atoms with E-state index in [-0.39, 0.29) is 0 Å². The van der Waals surface area contributed by atoms with Gasteiger partial charge in [0.1, 0.15) is 6.33 Å². The van der Waals surface area contributed by atoms with Crippen LogP contribution in [0.4, 0.5) is 0 Å². The second-order valence-corrected chi connectivity index (χ2v) is 4.89. The summed E-state index contributed by atoms with van der Waals surface area (Å²) in [4.78, 5) is 0. The molecular formula is C14H18N4. The van der Waals surface area contributed by atoms with Gasteiger partial charge in [-0.2, -0.15) is 0 Å². The maximum atomic E-state index is 4.24. The summed E-state index contributed by atoms with van der Waals surface area (Å²) in [5.41, 5.74) is 1.14. The first-order valence-corrected chi connectivity index (χ1v) is 6.57. The molecule has 0 spiro atoms. The molecule has 18 heavy (non-hydrogen) atoms. The van der Waals surface area contributed by atoms with Crippen molar-refractivity contribution < 1.29 is 0 Å². The van der Waals surface area contributed by atoms with Crippen molar-refractivity contribution in [2.24, 2.45) is 5.92 Å². The molecule has 1 atom stereocenters. The van der Waals surface area contributed by atoms with Gasteiger partial charge < -0.3 is 9.88 Å². The van der Waals surface area contributed by atoms with Gasteiger partial charge in [0.05, 0.1) is 0 Å². The molecule has 3 rings (SSSR count). The van der Waals surface area contributed by atoms with Gasteiger partial charge in [0, 0.05) is 12.1 Å². The van der Waals surface area contributed by atoms with E-state index in [1.807, 2.05) is 24.5 Å². The second-order valence-electron chi connectivity index (χ2n) is 4.89. The van der Waals surface area contributed by atoms with Crippen LogP contribution in [0.25, 0.3) is 11.4 Å². The molecule has 0 aliphatic carbocycles. The zero-order valence-electron chi connectivity index (χ0n) is 10.4. The predicted molar refractivity (Wildman–Crippen MR) is 71.1 cm³/mol. The van der Waals surface area contributed by atoms with Crippen molar-refractivity contribution in [2.75, 3.05) is 13.1 Å². The first-order valence-electron chi connectivity index (χ1n) is 6.57. The van der Waals surface area contributed by atoms with Crippen molar-refractivity contribution in [3.05, 3.63) is 36.7 Å². The van der Waals surface area contributed by atoms with Crippen LogP contribution >= 0.6 is 0 Å². The molecule has 4 heteroatoms. The summed E-state index contributed by atoms with van der Waals surface area (Å²) in [7, 11) is 0. The quantitative estimate of drug-likeness (QED) is 0.894. The van der Waals surface area contributed by atoms with E-state index in [2.05, 4.69) is 32.2 Å². The van der Waals surface area contributed by atoms with Crippen molar-refractivity contribution in [1.29, 1.82) is 0 Å². The molecule has 2 heterocycles. The SMILES string of the molecule is c1ccc(-c2nncn2CC2CCCNC2)cc1. The van der Waals surface area contributed by atoms with Gasteiger partial charge in [-0.15, -0.1) is 10.2 Å². The molecule has 1 fully saturated rings. The Morgan fingerprint density at radius 1 is 1.28 bits per heavy atom. The highest BCUT2D eigenvalue weighted by Gasteiger charge is 2.15. The largest absolute Gasteiger partial charge is 0.316 e. The van der Waals surface area contributed by atoms with E-state index in [0.29, 0.717) is 5.92 Å². The Hall–Kier alpha value is -1.68. The summed E-state index contributed by atoms with van der Waals surface area (Å²) in [6, 6.07) is 10.3. The smallest absolute Gasteiger partial charge is 0.163 e. The molecule has 1 aromatic heterocycles. The zero-order chi connectivity index (χ0) is 12.2.